The zero-order valence-electron chi connectivity index (χ0n) is 18.4. The molecule has 0 aromatic carbocycles. The fourth-order valence-corrected chi connectivity index (χ4v) is 4.11. The molecule has 9 heteroatoms. The van der Waals surface area contributed by atoms with E-state index >= 15 is 0 Å². The van der Waals surface area contributed by atoms with Gasteiger partial charge in [0.15, 0.2) is 0 Å². The zero-order chi connectivity index (χ0) is 23.6. The van der Waals surface area contributed by atoms with Crippen molar-refractivity contribution in [3.05, 3.63) is 65.1 Å². The molecule has 3 aromatic rings. The van der Waals surface area contributed by atoms with E-state index in [9.17, 15) is 13.6 Å². The number of hydrogen-bond acceptors (Lipinski definition) is 5. The molecule has 3 heterocycles. The molecule has 6 nitrogen and oxygen atoms in total. The third kappa shape index (κ3) is 5.33. The van der Waals surface area contributed by atoms with Gasteiger partial charge in [-0.15, -0.1) is 0 Å². The van der Waals surface area contributed by atoms with Gasteiger partial charge in [0, 0.05) is 48.8 Å². The topological polar surface area (TPSA) is 80.7 Å². The second kappa shape index (κ2) is 9.47. The summed E-state index contributed by atoms with van der Waals surface area (Å²) in [5, 5.41) is 3.23. The van der Waals surface area contributed by atoms with Crippen LogP contribution in [-0.4, -0.2) is 31.8 Å². The van der Waals surface area contributed by atoms with E-state index in [0.29, 0.717) is 33.6 Å². The number of aromatic nitrogens is 4. The van der Waals surface area contributed by atoms with Gasteiger partial charge in [-0.1, -0.05) is 31.5 Å². The maximum Gasteiger partial charge on any atom is 0.258 e. The van der Waals surface area contributed by atoms with Gasteiger partial charge in [-0.05, 0) is 31.0 Å². The summed E-state index contributed by atoms with van der Waals surface area (Å²) >= 11 is 6.09. The number of nitrogens with zero attached hydrogens (tertiary/aromatic N) is 4. The van der Waals surface area contributed by atoms with Crippen LogP contribution in [0.15, 0.2) is 42.9 Å². The normalized spacial score (nSPS) is 16.1. The molecule has 3 aromatic heterocycles. The van der Waals surface area contributed by atoms with Crippen molar-refractivity contribution in [2.75, 3.05) is 5.32 Å². The molecule has 172 valence electrons. The van der Waals surface area contributed by atoms with Gasteiger partial charge in [0.1, 0.15) is 11.0 Å². The van der Waals surface area contributed by atoms with Crippen molar-refractivity contribution in [2.45, 2.75) is 57.3 Å². The van der Waals surface area contributed by atoms with E-state index in [2.05, 4.69) is 25.3 Å². The lowest BCUT2D eigenvalue weighted by molar-refractivity contribution is -0.0384. The minimum atomic E-state index is -2.67. The van der Waals surface area contributed by atoms with E-state index in [1.165, 1.54) is 12.4 Å². The largest absolute Gasteiger partial charge is 0.320 e. The summed E-state index contributed by atoms with van der Waals surface area (Å²) in [6.07, 6.45) is 4.70. The number of alkyl halides is 2. The molecular weight excluding hydrogens is 448 g/mol. The Balaban J connectivity index is 1.72. The third-order valence-electron chi connectivity index (χ3n) is 5.76. The van der Waals surface area contributed by atoms with Crippen LogP contribution in [0.25, 0.3) is 11.3 Å². The summed E-state index contributed by atoms with van der Waals surface area (Å²) in [5.41, 5.74) is 2.47. The number of anilines is 1. The summed E-state index contributed by atoms with van der Waals surface area (Å²) in [6.45, 7) is 3.93. The van der Waals surface area contributed by atoms with Crippen molar-refractivity contribution in [3.8, 4) is 11.3 Å². The highest BCUT2D eigenvalue weighted by atomic mass is 35.5. The van der Waals surface area contributed by atoms with Gasteiger partial charge in [-0.2, -0.15) is 0 Å². The fraction of sp³-hybridized carbons (Fsp3) is 0.375. The Morgan fingerprint density at radius 3 is 2.45 bits per heavy atom. The van der Waals surface area contributed by atoms with Crippen molar-refractivity contribution >= 4 is 23.2 Å². The Hall–Kier alpha value is -3.00. The molecule has 1 aliphatic rings. The SMILES string of the molecule is CC(C)c1ncc(C(=O)Nc2c(-c3cccc(Cl)n3)ccnc2C2CCC(F)(F)CC2)cn1. The number of nitrogens with one attached hydrogen (secondary N) is 1. The molecule has 1 saturated carbocycles. The minimum Gasteiger partial charge on any atom is -0.320 e. The molecule has 0 radical (unpaired) electrons. The number of carbonyl (C=O) groups is 1. The Bertz CT molecular complexity index is 1140. The zero-order valence-corrected chi connectivity index (χ0v) is 19.1. The van der Waals surface area contributed by atoms with E-state index in [1.54, 1.807) is 30.5 Å². The number of pyridine rings is 2. The Morgan fingerprint density at radius 1 is 1.12 bits per heavy atom. The summed E-state index contributed by atoms with van der Waals surface area (Å²) in [4.78, 5) is 30.5. The van der Waals surface area contributed by atoms with Gasteiger partial charge in [-0.25, -0.2) is 23.7 Å². The smallest absolute Gasteiger partial charge is 0.258 e. The van der Waals surface area contributed by atoms with Crippen molar-refractivity contribution in [1.82, 2.24) is 19.9 Å². The van der Waals surface area contributed by atoms with E-state index in [4.69, 9.17) is 11.6 Å². The standard InChI is InChI=1S/C24H24ClF2N5O/c1-14(2)22-29-12-16(13-30-22)23(33)32-21-17(18-4-3-5-19(25)31-18)8-11-28-20(21)15-6-9-24(26,27)10-7-15/h3-5,8,11-15H,6-7,9-10H2,1-2H3,(H,32,33). The summed E-state index contributed by atoms with van der Waals surface area (Å²) in [5.74, 6) is -2.51. The molecule has 4 rings (SSSR count). The van der Waals surface area contributed by atoms with E-state index in [-0.39, 0.29) is 43.1 Å². The van der Waals surface area contributed by atoms with Crippen LogP contribution in [0.5, 0.6) is 0 Å². The molecule has 1 fully saturated rings. The number of hydrogen-bond donors (Lipinski definition) is 1. The Labute approximate surface area is 195 Å². The van der Waals surface area contributed by atoms with Crippen LogP contribution in [0.1, 0.15) is 73.2 Å². The van der Waals surface area contributed by atoms with Gasteiger partial charge in [-0.3, -0.25) is 9.78 Å². The van der Waals surface area contributed by atoms with Crippen LogP contribution >= 0.6 is 11.6 Å². The number of carbonyl (C=O) groups excluding carboxylic acids is 1. The van der Waals surface area contributed by atoms with E-state index in [1.807, 2.05) is 13.8 Å². The lowest BCUT2D eigenvalue weighted by Crippen LogP contribution is -2.25. The van der Waals surface area contributed by atoms with Gasteiger partial charge < -0.3 is 5.32 Å². The highest BCUT2D eigenvalue weighted by Crippen LogP contribution is 2.44. The van der Waals surface area contributed by atoms with Crippen LogP contribution in [0.3, 0.4) is 0 Å². The molecule has 1 aliphatic carbocycles. The van der Waals surface area contributed by atoms with Gasteiger partial charge >= 0.3 is 0 Å². The molecular formula is C24H24ClF2N5O. The second-order valence-corrected chi connectivity index (χ2v) is 8.92. The second-order valence-electron chi connectivity index (χ2n) is 8.53. The number of rotatable bonds is 5. The highest BCUT2D eigenvalue weighted by molar-refractivity contribution is 6.29. The number of amides is 1. The van der Waals surface area contributed by atoms with Crippen LogP contribution in [0.4, 0.5) is 14.5 Å². The lowest BCUT2D eigenvalue weighted by atomic mass is 9.83. The molecule has 1 N–H and O–H groups in total. The Kier molecular flexibility index (Phi) is 6.65. The summed E-state index contributed by atoms with van der Waals surface area (Å²) in [7, 11) is 0. The predicted octanol–water partition coefficient (Wildman–Crippen LogP) is 6.26. The predicted molar refractivity (Wildman–Crippen MR) is 123 cm³/mol. The average molecular weight is 472 g/mol. The van der Waals surface area contributed by atoms with Crippen molar-refractivity contribution in [1.29, 1.82) is 0 Å². The van der Waals surface area contributed by atoms with E-state index < -0.39 is 11.8 Å². The van der Waals surface area contributed by atoms with Crippen molar-refractivity contribution < 1.29 is 13.6 Å². The first-order valence-electron chi connectivity index (χ1n) is 10.9. The molecule has 0 spiro atoms. The first kappa shape index (κ1) is 23.2. The average Bonchev–Trinajstić information content (AvgIpc) is 2.79. The molecule has 0 aliphatic heterocycles. The number of halogens is 3. The van der Waals surface area contributed by atoms with Crippen LogP contribution in [-0.2, 0) is 0 Å². The van der Waals surface area contributed by atoms with Crippen LogP contribution in [0, 0.1) is 0 Å². The van der Waals surface area contributed by atoms with Crippen LogP contribution in [0.2, 0.25) is 5.15 Å². The van der Waals surface area contributed by atoms with Gasteiger partial charge in [0.2, 0.25) is 5.92 Å². The van der Waals surface area contributed by atoms with Crippen molar-refractivity contribution in [2.24, 2.45) is 0 Å². The Morgan fingerprint density at radius 2 is 1.82 bits per heavy atom. The highest BCUT2D eigenvalue weighted by Gasteiger charge is 2.37. The molecule has 0 saturated heterocycles. The molecule has 1 amide bonds. The lowest BCUT2D eigenvalue weighted by Gasteiger charge is -2.29. The monoisotopic (exact) mass is 471 g/mol. The fourth-order valence-electron chi connectivity index (χ4n) is 3.94. The van der Waals surface area contributed by atoms with Gasteiger partial charge in [0.05, 0.1) is 22.6 Å². The van der Waals surface area contributed by atoms with Gasteiger partial charge in [0.25, 0.3) is 5.91 Å². The quantitative estimate of drug-likeness (QED) is 0.444. The minimum absolute atomic E-state index is 0.136. The van der Waals surface area contributed by atoms with Crippen LogP contribution < -0.4 is 5.32 Å². The summed E-state index contributed by atoms with van der Waals surface area (Å²) < 4.78 is 27.5. The van der Waals surface area contributed by atoms with E-state index in [0.717, 1.165) is 0 Å². The van der Waals surface area contributed by atoms with Crippen molar-refractivity contribution in [3.63, 3.8) is 0 Å². The maximum atomic E-state index is 13.8. The molecule has 0 atom stereocenters. The maximum absolute atomic E-state index is 13.8. The first-order chi connectivity index (χ1) is 15.7. The first-order valence-corrected chi connectivity index (χ1v) is 11.2. The summed E-state index contributed by atoms with van der Waals surface area (Å²) in [6, 6.07) is 6.92. The third-order valence-corrected chi connectivity index (χ3v) is 5.97. The molecule has 33 heavy (non-hydrogen) atoms. The molecule has 0 bridgehead atoms. The molecule has 0 unspecified atom stereocenters.